The van der Waals surface area contributed by atoms with Crippen LogP contribution in [0, 0.1) is 5.92 Å². The molecule has 0 fully saturated rings. The Kier molecular flexibility index (Phi) is 6.02. The Morgan fingerprint density at radius 3 is 2.42 bits per heavy atom. The van der Waals surface area contributed by atoms with Crippen molar-refractivity contribution in [1.29, 1.82) is 0 Å². The Morgan fingerprint density at radius 2 is 1.83 bits per heavy atom. The van der Waals surface area contributed by atoms with E-state index >= 15 is 0 Å². The van der Waals surface area contributed by atoms with Gasteiger partial charge < -0.3 is 5.32 Å². The summed E-state index contributed by atoms with van der Waals surface area (Å²) in [4.78, 5) is 40.7. The molecule has 3 N–H and O–H groups in total. The number of carbonyl (C=O) groups is 3. The van der Waals surface area contributed by atoms with Crippen molar-refractivity contribution in [1.82, 2.24) is 21.2 Å². The molecule has 0 saturated heterocycles. The Bertz CT molecular complexity index is 701. The first-order chi connectivity index (χ1) is 11.5. The van der Waals surface area contributed by atoms with Crippen molar-refractivity contribution in [3.8, 4) is 0 Å². The molecule has 0 bridgehead atoms. The Morgan fingerprint density at radius 1 is 1.04 bits per heavy atom. The van der Waals surface area contributed by atoms with Gasteiger partial charge in [-0.3, -0.25) is 30.2 Å². The molecule has 0 aliphatic rings. The highest BCUT2D eigenvalue weighted by atomic mass is 32.1. The van der Waals surface area contributed by atoms with Crippen molar-refractivity contribution < 1.29 is 14.4 Å². The normalized spacial score (nSPS) is 11.6. The van der Waals surface area contributed by atoms with Crippen LogP contribution >= 0.6 is 11.3 Å². The van der Waals surface area contributed by atoms with E-state index in [9.17, 15) is 14.4 Å². The summed E-state index contributed by atoms with van der Waals surface area (Å²) in [6.45, 7) is 3.61. The van der Waals surface area contributed by atoms with Crippen LogP contribution in [0.2, 0.25) is 0 Å². The Hall–Kier alpha value is -2.74. The third-order valence-corrected chi connectivity index (χ3v) is 4.05. The lowest BCUT2D eigenvalue weighted by Gasteiger charge is -2.21. The van der Waals surface area contributed by atoms with Crippen LogP contribution in [0.15, 0.2) is 41.9 Å². The van der Waals surface area contributed by atoms with E-state index in [1.165, 1.54) is 23.6 Å². The van der Waals surface area contributed by atoms with Crippen LogP contribution in [-0.4, -0.2) is 28.7 Å². The molecule has 0 aliphatic carbocycles. The van der Waals surface area contributed by atoms with Crippen LogP contribution in [0.4, 0.5) is 0 Å². The van der Waals surface area contributed by atoms with Gasteiger partial charge in [0, 0.05) is 6.20 Å². The number of aromatic nitrogens is 1. The lowest BCUT2D eigenvalue weighted by Crippen LogP contribution is -2.54. The zero-order chi connectivity index (χ0) is 17.5. The van der Waals surface area contributed by atoms with Crippen molar-refractivity contribution in [3.63, 3.8) is 0 Å². The molecule has 2 heterocycles. The number of nitrogens with zero attached hydrogens (tertiary/aromatic N) is 1. The van der Waals surface area contributed by atoms with E-state index in [1.54, 1.807) is 43.5 Å². The van der Waals surface area contributed by atoms with Crippen LogP contribution in [0.25, 0.3) is 0 Å². The van der Waals surface area contributed by atoms with E-state index in [2.05, 4.69) is 21.2 Å². The van der Waals surface area contributed by atoms with E-state index < -0.39 is 17.9 Å². The van der Waals surface area contributed by atoms with Crippen molar-refractivity contribution in [3.05, 3.63) is 52.5 Å². The quantitative estimate of drug-likeness (QED) is 0.712. The molecule has 0 aromatic carbocycles. The minimum Gasteiger partial charge on any atom is -0.339 e. The number of amides is 3. The highest BCUT2D eigenvalue weighted by Crippen LogP contribution is 2.10. The van der Waals surface area contributed by atoms with E-state index in [4.69, 9.17) is 0 Å². The summed E-state index contributed by atoms with van der Waals surface area (Å²) >= 11 is 1.29. The molecule has 0 unspecified atom stereocenters. The smallest absolute Gasteiger partial charge is 0.288 e. The summed E-state index contributed by atoms with van der Waals surface area (Å²) in [5, 5.41) is 4.46. The number of hydrogen-bond acceptors (Lipinski definition) is 5. The summed E-state index contributed by atoms with van der Waals surface area (Å²) in [6, 6.07) is 7.55. The van der Waals surface area contributed by atoms with Crippen molar-refractivity contribution in [2.24, 2.45) is 5.92 Å². The number of thiophene rings is 1. The molecular weight excluding hydrogens is 328 g/mol. The Labute approximate surface area is 143 Å². The maximum absolute atomic E-state index is 12.3. The molecule has 2 aromatic rings. The van der Waals surface area contributed by atoms with Crippen LogP contribution in [0.5, 0.6) is 0 Å². The number of nitrogens with one attached hydrogen (secondary N) is 3. The zero-order valence-corrected chi connectivity index (χ0v) is 14.1. The summed E-state index contributed by atoms with van der Waals surface area (Å²) in [5.74, 6) is -1.51. The molecule has 0 saturated carbocycles. The molecule has 3 amide bonds. The third-order valence-electron chi connectivity index (χ3n) is 3.18. The van der Waals surface area contributed by atoms with Crippen molar-refractivity contribution in [2.75, 3.05) is 0 Å². The molecule has 2 rings (SSSR count). The zero-order valence-electron chi connectivity index (χ0n) is 13.3. The summed E-state index contributed by atoms with van der Waals surface area (Å²) in [6.07, 6.45) is 1.48. The largest absolute Gasteiger partial charge is 0.339 e. The average molecular weight is 346 g/mol. The van der Waals surface area contributed by atoms with Gasteiger partial charge >= 0.3 is 0 Å². The van der Waals surface area contributed by atoms with Crippen LogP contribution in [0.3, 0.4) is 0 Å². The second kappa shape index (κ2) is 8.21. The first kappa shape index (κ1) is 17.6. The summed E-state index contributed by atoms with van der Waals surface area (Å²) in [7, 11) is 0. The average Bonchev–Trinajstić information content (AvgIpc) is 3.12. The third kappa shape index (κ3) is 4.63. The van der Waals surface area contributed by atoms with E-state index in [0.717, 1.165) is 0 Å². The molecule has 1 atom stereocenters. The molecule has 0 aliphatic heterocycles. The molecule has 24 heavy (non-hydrogen) atoms. The highest BCUT2D eigenvalue weighted by molar-refractivity contribution is 7.12. The molecule has 8 heteroatoms. The monoisotopic (exact) mass is 346 g/mol. The van der Waals surface area contributed by atoms with Gasteiger partial charge in [0.25, 0.3) is 17.7 Å². The minimum atomic E-state index is -0.774. The lowest BCUT2D eigenvalue weighted by molar-refractivity contribution is -0.124. The summed E-state index contributed by atoms with van der Waals surface area (Å²) < 4.78 is 0. The number of hydrogen-bond donors (Lipinski definition) is 3. The predicted molar refractivity (Wildman–Crippen MR) is 90.3 cm³/mol. The van der Waals surface area contributed by atoms with Gasteiger partial charge in [0.2, 0.25) is 0 Å². The molecular formula is C16H18N4O3S. The van der Waals surface area contributed by atoms with Gasteiger partial charge in [0.05, 0.1) is 4.88 Å². The van der Waals surface area contributed by atoms with Gasteiger partial charge in [-0.15, -0.1) is 11.3 Å². The van der Waals surface area contributed by atoms with Gasteiger partial charge in [-0.05, 0) is 29.5 Å². The molecule has 2 aromatic heterocycles. The van der Waals surface area contributed by atoms with Gasteiger partial charge in [-0.1, -0.05) is 26.0 Å². The number of pyridine rings is 1. The predicted octanol–water partition coefficient (Wildman–Crippen LogP) is 1.36. The number of hydrazine groups is 1. The van der Waals surface area contributed by atoms with E-state index in [0.29, 0.717) is 4.88 Å². The maximum atomic E-state index is 12.3. The second-order valence-corrected chi connectivity index (χ2v) is 6.28. The van der Waals surface area contributed by atoms with Gasteiger partial charge in [0.15, 0.2) is 0 Å². The molecule has 7 nitrogen and oxygen atoms in total. The van der Waals surface area contributed by atoms with Crippen molar-refractivity contribution >= 4 is 29.1 Å². The topological polar surface area (TPSA) is 100 Å². The van der Waals surface area contributed by atoms with Crippen LogP contribution < -0.4 is 16.2 Å². The first-order valence-corrected chi connectivity index (χ1v) is 8.22. The number of carbonyl (C=O) groups excluding carboxylic acids is 3. The highest BCUT2D eigenvalue weighted by Gasteiger charge is 2.25. The second-order valence-electron chi connectivity index (χ2n) is 5.33. The van der Waals surface area contributed by atoms with E-state index in [-0.39, 0.29) is 17.5 Å². The van der Waals surface area contributed by atoms with Gasteiger partial charge in [0.1, 0.15) is 11.7 Å². The van der Waals surface area contributed by atoms with Crippen LogP contribution in [0.1, 0.15) is 34.0 Å². The maximum Gasteiger partial charge on any atom is 0.288 e. The molecule has 0 spiro atoms. The first-order valence-electron chi connectivity index (χ1n) is 7.34. The van der Waals surface area contributed by atoms with Gasteiger partial charge in [-0.2, -0.15) is 0 Å². The SMILES string of the molecule is CC(C)[C@@H](NC(=O)c1cccs1)C(=O)NNC(=O)c1ccccn1. The van der Waals surface area contributed by atoms with Gasteiger partial charge in [-0.25, -0.2) is 0 Å². The minimum absolute atomic E-state index is 0.152. The fourth-order valence-electron chi connectivity index (χ4n) is 1.91. The number of rotatable bonds is 5. The van der Waals surface area contributed by atoms with Crippen molar-refractivity contribution in [2.45, 2.75) is 19.9 Å². The lowest BCUT2D eigenvalue weighted by atomic mass is 10.0. The summed E-state index contributed by atoms with van der Waals surface area (Å²) in [5.41, 5.74) is 4.80. The van der Waals surface area contributed by atoms with E-state index in [1.807, 2.05) is 0 Å². The standard InChI is InChI=1S/C16H18N4O3S/c1-10(2)13(18-15(22)12-7-5-9-24-12)16(23)20-19-14(21)11-6-3-4-8-17-11/h3-10,13H,1-2H3,(H,18,22)(H,19,21)(H,20,23)/t13-/m1/s1. The fourth-order valence-corrected chi connectivity index (χ4v) is 2.54. The van der Waals surface area contributed by atoms with Crippen LogP contribution in [-0.2, 0) is 4.79 Å². The molecule has 0 radical (unpaired) electrons. The molecule has 126 valence electrons. The Balaban J connectivity index is 1.94. The fraction of sp³-hybridized carbons (Fsp3) is 0.250.